The van der Waals surface area contributed by atoms with Gasteiger partial charge in [0.15, 0.2) is 0 Å². The van der Waals surface area contributed by atoms with Crippen LogP contribution in [0.2, 0.25) is 0 Å². The number of hydrogen-bond donors (Lipinski definition) is 1. The first-order valence-corrected chi connectivity index (χ1v) is 8.11. The molecule has 1 saturated heterocycles. The fourth-order valence-electron chi connectivity index (χ4n) is 2.61. The highest BCUT2D eigenvalue weighted by Crippen LogP contribution is 2.26. The topological polar surface area (TPSA) is 62.3 Å². The smallest absolute Gasteiger partial charge is 0.244 e. The summed E-state index contributed by atoms with van der Waals surface area (Å²) in [5.41, 5.74) is 0.705. The predicted octanol–water partition coefficient (Wildman–Crippen LogP) is 1.22. The number of pyridine rings is 1. The van der Waals surface area contributed by atoms with Crippen LogP contribution in [0.3, 0.4) is 0 Å². The van der Waals surface area contributed by atoms with Crippen LogP contribution in [0, 0.1) is 0 Å². The summed E-state index contributed by atoms with van der Waals surface area (Å²) < 4.78 is 27.3. The van der Waals surface area contributed by atoms with Crippen molar-refractivity contribution >= 4 is 20.9 Å². The Morgan fingerprint density at radius 3 is 2.95 bits per heavy atom. The summed E-state index contributed by atoms with van der Waals surface area (Å²) in [4.78, 5) is 4.57. The number of hydrogen-bond acceptors (Lipinski definition) is 4. The molecule has 1 unspecified atom stereocenters. The van der Waals surface area contributed by atoms with E-state index in [4.69, 9.17) is 0 Å². The molecular weight excluding hydrogens is 274 g/mol. The lowest BCUT2D eigenvalue weighted by atomic mass is 10.2. The molecule has 0 spiro atoms. The number of nitrogens with zero attached hydrogens (tertiary/aromatic N) is 2. The lowest BCUT2D eigenvalue weighted by Gasteiger charge is -2.33. The van der Waals surface area contributed by atoms with Gasteiger partial charge in [0.25, 0.3) is 0 Å². The van der Waals surface area contributed by atoms with Gasteiger partial charge in [-0.15, -0.1) is 0 Å². The highest BCUT2D eigenvalue weighted by molar-refractivity contribution is 7.89. The molecule has 6 heteroatoms. The minimum Gasteiger partial charge on any atom is -0.314 e. The molecule has 2 heterocycles. The van der Waals surface area contributed by atoms with Gasteiger partial charge in [0.05, 0.1) is 10.4 Å². The molecule has 5 nitrogen and oxygen atoms in total. The van der Waals surface area contributed by atoms with E-state index < -0.39 is 10.0 Å². The van der Waals surface area contributed by atoms with Crippen molar-refractivity contribution in [3.8, 4) is 0 Å². The van der Waals surface area contributed by atoms with Crippen molar-refractivity contribution in [2.75, 3.05) is 19.6 Å². The first-order valence-electron chi connectivity index (χ1n) is 6.67. The third-order valence-electron chi connectivity index (χ3n) is 3.63. The minimum absolute atomic E-state index is 0.0410. The molecule has 20 heavy (non-hydrogen) atoms. The van der Waals surface area contributed by atoms with Crippen LogP contribution in [-0.4, -0.2) is 43.4 Å². The van der Waals surface area contributed by atoms with Crippen LogP contribution in [0.25, 0.3) is 10.9 Å². The Bertz CT molecular complexity index is 725. The van der Waals surface area contributed by atoms with E-state index in [-0.39, 0.29) is 6.04 Å². The highest BCUT2D eigenvalue weighted by Gasteiger charge is 2.31. The predicted molar refractivity (Wildman–Crippen MR) is 78.0 cm³/mol. The van der Waals surface area contributed by atoms with E-state index in [0.29, 0.717) is 35.4 Å². The molecule has 3 rings (SSSR count). The molecule has 0 aliphatic carbocycles. The molecule has 1 aromatic carbocycles. The van der Waals surface area contributed by atoms with Crippen molar-refractivity contribution in [1.82, 2.24) is 14.6 Å². The van der Waals surface area contributed by atoms with Crippen LogP contribution in [0.15, 0.2) is 41.4 Å². The van der Waals surface area contributed by atoms with Gasteiger partial charge in [-0.1, -0.05) is 6.07 Å². The van der Waals surface area contributed by atoms with Crippen molar-refractivity contribution in [1.29, 1.82) is 0 Å². The Morgan fingerprint density at radius 2 is 2.15 bits per heavy atom. The molecule has 0 bridgehead atoms. The second-order valence-electron chi connectivity index (χ2n) is 5.00. The highest BCUT2D eigenvalue weighted by atomic mass is 32.2. The molecule has 1 aromatic heterocycles. The molecule has 0 radical (unpaired) electrons. The van der Waals surface area contributed by atoms with Gasteiger partial charge < -0.3 is 5.32 Å². The first-order chi connectivity index (χ1) is 9.60. The maximum atomic E-state index is 12.9. The van der Waals surface area contributed by atoms with Gasteiger partial charge in [0, 0.05) is 37.3 Å². The van der Waals surface area contributed by atoms with Crippen LogP contribution in [0.1, 0.15) is 6.92 Å². The van der Waals surface area contributed by atoms with Crippen molar-refractivity contribution in [3.05, 3.63) is 36.5 Å². The quantitative estimate of drug-likeness (QED) is 0.903. The van der Waals surface area contributed by atoms with E-state index in [1.807, 2.05) is 19.1 Å². The molecule has 1 aliphatic rings. The van der Waals surface area contributed by atoms with E-state index in [9.17, 15) is 8.42 Å². The molecule has 1 atom stereocenters. The van der Waals surface area contributed by atoms with Gasteiger partial charge in [-0.05, 0) is 31.2 Å². The second-order valence-corrected chi connectivity index (χ2v) is 6.85. The van der Waals surface area contributed by atoms with Crippen molar-refractivity contribution in [3.63, 3.8) is 0 Å². The fourth-order valence-corrected chi connectivity index (χ4v) is 4.44. The molecule has 0 saturated carbocycles. The summed E-state index contributed by atoms with van der Waals surface area (Å²) in [5.74, 6) is 0. The van der Waals surface area contributed by atoms with E-state index in [1.54, 1.807) is 28.7 Å². The van der Waals surface area contributed by atoms with Crippen molar-refractivity contribution in [2.45, 2.75) is 17.9 Å². The van der Waals surface area contributed by atoms with Crippen molar-refractivity contribution in [2.24, 2.45) is 0 Å². The van der Waals surface area contributed by atoms with Gasteiger partial charge in [-0.2, -0.15) is 4.31 Å². The summed E-state index contributed by atoms with van der Waals surface area (Å²) >= 11 is 0. The Labute approximate surface area is 118 Å². The Hall–Kier alpha value is -1.50. The second kappa shape index (κ2) is 5.12. The van der Waals surface area contributed by atoms with Crippen LogP contribution in [-0.2, 0) is 10.0 Å². The lowest BCUT2D eigenvalue weighted by Crippen LogP contribution is -2.52. The summed E-state index contributed by atoms with van der Waals surface area (Å²) in [6.07, 6.45) is 1.67. The molecule has 2 aromatic rings. The number of benzene rings is 1. The third kappa shape index (κ3) is 2.19. The Balaban J connectivity index is 2.14. The number of fused-ring (bicyclic) bond motifs is 1. The van der Waals surface area contributed by atoms with E-state index in [0.717, 1.165) is 0 Å². The minimum atomic E-state index is -3.48. The average Bonchev–Trinajstić information content (AvgIpc) is 2.47. The fraction of sp³-hybridized carbons (Fsp3) is 0.357. The number of sulfonamides is 1. The zero-order valence-electron chi connectivity index (χ0n) is 11.3. The molecular formula is C14H17N3O2S. The number of rotatable bonds is 2. The van der Waals surface area contributed by atoms with Gasteiger partial charge in [-0.3, -0.25) is 4.98 Å². The van der Waals surface area contributed by atoms with Crippen molar-refractivity contribution < 1.29 is 8.42 Å². The average molecular weight is 291 g/mol. The third-order valence-corrected chi connectivity index (χ3v) is 5.70. The lowest BCUT2D eigenvalue weighted by molar-refractivity contribution is 0.284. The molecule has 1 N–H and O–H groups in total. The zero-order valence-corrected chi connectivity index (χ0v) is 12.1. The van der Waals surface area contributed by atoms with Gasteiger partial charge in [0.2, 0.25) is 10.0 Å². The monoisotopic (exact) mass is 291 g/mol. The molecule has 1 aliphatic heterocycles. The van der Waals surface area contributed by atoms with E-state index in [1.165, 1.54) is 0 Å². The summed E-state index contributed by atoms with van der Waals surface area (Å²) in [7, 11) is -3.48. The normalized spacial score (nSPS) is 21.1. The summed E-state index contributed by atoms with van der Waals surface area (Å²) in [5, 5.41) is 3.89. The SMILES string of the molecule is CC1CNCCN1S(=O)(=O)c1cccc2ncccc12. The zero-order chi connectivity index (χ0) is 14.2. The molecule has 0 amide bonds. The Morgan fingerprint density at radius 1 is 1.30 bits per heavy atom. The van der Waals surface area contributed by atoms with Crippen LogP contribution >= 0.6 is 0 Å². The van der Waals surface area contributed by atoms with E-state index in [2.05, 4.69) is 10.3 Å². The van der Waals surface area contributed by atoms with Crippen LogP contribution in [0.5, 0.6) is 0 Å². The van der Waals surface area contributed by atoms with Gasteiger partial charge in [-0.25, -0.2) is 8.42 Å². The van der Waals surface area contributed by atoms with Gasteiger partial charge >= 0.3 is 0 Å². The summed E-state index contributed by atoms with van der Waals surface area (Å²) in [6.45, 7) is 3.79. The standard InChI is InChI=1S/C14H17N3O2S/c1-11-10-15-8-9-17(11)20(18,19)14-6-2-5-13-12(14)4-3-7-16-13/h2-7,11,15H,8-10H2,1H3. The molecule has 106 valence electrons. The number of aromatic nitrogens is 1. The number of piperazine rings is 1. The maximum Gasteiger partial charge on any atom is 0.244 e. The van der Waals surface area contributed by atoms with Crippen LogP contribution < -0.4 is 5.32 Å². The molecule has 1 fully saturated rings. The van der Waals surface area contributed by atoms with E-state index >= 15 is 0 Å². The number of nitrogens with one attached hydrogen (secondary N) is 1. The Kier molecular flexibility index (Phi) is 3.45. The van der Waals surface area contributed by atoms with Crippen LogP contribution in [0.4, 0.5) is 0 Å². The summed E-state index contributed by atoms with van der Waals surface area (Å²) in [6, 6.07) is 8.77. The first kappa shape index (κ1) is 13.5. The van der Waals surface area contributed by atoms with Gasteiger partial charge in [0.1, 0.15) is 0 Å². The largest absolute Gasteiger partial charge is 0.314 e. The maximum absolute atomic E-state index is 12.9.